The van der Waals surface area contributed by atoms with Crippen molar-refractivity contribution in [3.63, 3.8) is 0 Å². The summed E-state index contributed by atoms with van der Waals surface area (Å²) in [6.07, 6.45) is 0. The summed E-state index contributed by atoms with van der Waals surface area (Å²) in [4.78, 5) is 12.0. The topological polar surface area (TPSA) is 50.4 Å². The number of carbonyl (C=O) groups is 1. The highest BCUT2D eigenvalue weighted by Gasteiger charge is 2.20. The van der Waals surface area contributed by atoms with Crippen molar-refractivity contribution < 1.29 is 9.53 Å². The van der Waals surface area contributed by atoms with Crippen molar-refractivity contribution >= 4 is 23.4 Å². The number of ether oxygens (including phenoxy) is 1. The SMILES string of the molecule is COc1ccc(NC(=O)C2CSCCN2)cc1C. The monoisotopic (exact) mass is 266 g/mol. The fourth-order valence-electron chi connectivity index (χ4n) is 1.92. The molecule has 1 fully saturated rings. The second kappa shape index (κ2) is 6.11. The Morgan fingerprint density at radius 1 is 1.56 bits per heavy atom. The Bertz CT molecular complexity index is 431. The largest absolute Gasteiger partial charge is 0.496 e. The first-order chi connectivity index (χ1) is 8.70. The number of aryl methyl sites for hydroxylation is 1. The summed E-state index contributed by atoms with van der Waals surface area (Å²) >= 11 is 1.81. The van der Waals surface area contributed by atoms with Gasteiger partial charge >= 0.3 is 0 Å². The van der Waals surface area contributed by atoms with Gasteiger partial charge in [-0.15, -0.1) is 0 Å². The number of anilines is 1. The highest BCUT2D eigenvalue weighted by Crippen LogP contribution is 2.21. The van der Waals surface area contributed by atoms with E-state index in [1.165, 1.54) is 0 Å². The Morgan fingerprint density at radius 3 is 3.00 bits per heavy atom. The molecule has 98 valence electrons. The smallest absolute Gasteiger partial charge is 0.242 e. The highest BCUT2D eigenvalue weighted by atomic mass is 32.2. The third-order valence-electron chi connectivity index (χ3n) is 2.90. The second-order valence-corrected chi connectivity index (χ2v) is 5.41. The van der Waals surface area contributed by atoms with E-state index in [1.54, 1.807) is 7.11 Å². The van der Waals surface area contributed by atoms with Crippen molar-refractivity contribution in [2.45, 2.75) is 13.0 Å². The number of nitrogens with one attached hydrogen (secondary N) is 2. The van der Waals surface area contributed by atoms with Gasteiger partial charge in [0.1, 0.15) is 5.75 Å². The van der Waals surface area contributed by atoms with E-state index in [2.05, 4.69) is 10.6 Å². The van der Waals surface area contributed by atoms with E-state index in [0.717, 1.165) is 35.1 Å². The maximum Gasteiger partial charge on any atom is 0.242 e. The van der Waals surface area contributed by atoms with E-state index < -0.39 is 0 Å². The van der Waals surface area contributed by atoms with Crippen molar-refractivity contribution in [2.75, 3.05) is 30.5 Å². The zero-order valence-corrected chi connectivity index (χ0v) is 11.5. The molecular weight excluding hydrogens is 248 g/mol. The van der Waals surface area contributed by atoms with Crippen molar-refractivity contribution in [3.8, 4) is 5.75 Å². The summed E-state index contributed by atoms with van der Waals surface area (Å²) in [5, 5.41) is 6.15. The number of methoxy groups -OCH3 is 1. The number of hydrogen-bond donors (Lipinski definition) is 2. The van der Waals surface area contributed by atoms with Gasteiger partial charge in [-0.1, -0.05) is 0 Å². The lowest BCUT2D eigenvalue weighted by molar-refractivity contribution is -0.117. The van der Waals surface area contributed by atoms with Crippen LogP contribution in [-0.2, 0) is 4.79 Å². The zero-order valence-electron chi connectivity index (χ0n) is 10.7. The van der Waals surface area contributed by atoms with Crippen LogP contribution in [0, 0.1) is 6.92 Å². The Labute approximate surface area is 111 Å². The molecule has 4 nitrogen and oxygen atoms in total. The molecule has 1 aliphatic heterocycles. The molecule has 18 heavy (non-hydrogen) atoms. The fraction of sp³-hybridized carbons (Fsp3) is 0.462. The molecule has 0 bridgehead atoms. The maximum absolute atomic E-state index is 12.0. The number of benzene rings is 1. The van der Waals surface area contributed by atoms with Crippen molar-refractivity contribution in [2.24, 2.45) is 0 Å². The van der Waals surface area contributed by atoms with Crippen LogP contribution in [0.3, 0.4) is 0 Å². The molecular formula is C13H18N2O2S. The van der Waals surface area contributed by atoms with Crippen molar-refractivity contribution in [3.05, 3.63) is 23.8 Å². The minimum Gasteiger partial charge on any atom is -0.496 e. The lowest BCUT2D eigenvalue weighted by Crippen LogP contribution is -2.46. The molecule has 1 aromatic rings. The molecule has 1 aliphatic rings. The summed E-state index contributed by atoms with van der Waals surface area (Å²) in [5.74, 6) is 2.78. The number of thioether (sulfide) groups is 1. The molecule has 5 heteroatoms. The van der Waals surface area contributed by atoms with Crippen LogP contribution >= 0.6 is 11.8 Å². The number of hydrogen-bond acceptors (Lipinski definition) is 4. The van der Waals surface area contributed by atoms with Gasteiger partial charge in [-0.25, -0.2) is 0 Å². The molecule has 1 saturated heterocycles. The third kappa shape index (κ3) is 3.17. The van der Waals surface area contributed by atoms with Gasteiger partial charge in [-0.05, 0) is 30.7 Å². The van der Waals surface area contributed by atoms with E-state index in [1.807, 2.05) is 36.9 Å². The van der Waals surface area contributed by atoms with Crippen LogP contribution in [0.5, 0.6) is 5.75 Å². The standard InChI is InChI=1S/C13H18N2O2S/c1-9-7-10(3-4-12(9)17-2)15-13(16)11-8-18-6-5-14-11/h3-4,7,11,14H,5-6,8H2,1-2H3,(H,15,16). The fourth-order valence-corrected chi connectivity index (χ4v) is 2.85. The minimum atomic E-state index is -0.0915. The van der Waals surface area contributed by atoms with E-state index in [9.17, 15) is 4.79 Å². The first-order valence-corrected chi connectivity index (χ1v) is 7.13. The Morgan fingerprint density at radius 2 is 2.39 bits per heavy atom. The van der Waals surface area contributed by atoms with Crippen LogP contribution < -0.4 is 15.4 Å². The molecule has 2 rings (SSSR count). The van der Waals surface area contributed by atoms with E-state index >= 15 is 0 Å². The quantitative estimate of drug-likeness (QED) is 0.873. The Hall–Kier alpha value is -1.20. The average molecular weight is 266 g/mol. The van der Waals surface area contributed by atoms with Gasteiger partial charge in [0.05, 0.1) is 13.2 Å². The zero-order chi connectivity index (χ0) is 13.0. The van der Waals surface area contributed by atoms with E-state index in [-0.39, 0.29) is 11.9 Å². The second-order valence-electron chi connectivity index (χ2n) is 4.26. The van der Waals surface area contributed by atoms with Gasteiger partial charge in [-0.2, -0.15) is 11.8 Å². The predicted molar refractivity (Wildman–Crippen MR) is 75.5 cm³/mol. The molecule has 0 aliphatic carbocycles. The average Bonchev–Trinajstić information content (AvgIpc) is 2.40. The Balaban J connectivity index is 2.00. The van der Waals surface area contributed by atoms with Crippen molar-refractivity contribution in [1.29, 1.82) is 0 Å². The normalized spacial score (nSPS) is 19.3. The molecule has 0 radical (unpaired) electrons. The van der Waals surface area contributed by atoms with Gasteiger partial charge in [0.25, 0.3) is 0 Å². The summed E-state index contributed by atoms with van der Waals surface area (Å²) in [5.41, 5.74) is 1.83. The van der Waals surface area contributed by atoms with Crippen LogP contribution in [0.1, 0.15) is 5.56 Å². The Kier molecular flexibility index (Phi) is 4.49. The molecule has 1 aromatic carbocycles. The van der Waals surface area contributed by atoms with Gasteiger partial charge in [0, 0.05) is 23.7 Å². The summed E-state index contributed by atoms with van der Waals surface area (Å²) in [6.45, 7) is 2.85. The number of carbonyl (C=O) groups excluding carboxylic acids is 1. The highest BCUT2D eigenvalue weighted by molar-refractivity contribution is 7.99. The lowest BCUT2D eigenvalue weighted by Gasteiger charge is -2.22. The first-order valence-electron chi connectivity index (χ1n) is 5.97. The molecule has 1 atom stereocenters. The van der Waals surface area contributed by atoms with Gasteiger partial charge in [-0.3, -0.25) is 4.79 Å². The number of amides is 1. The number of rotatable bonds is 3. The van der Waals surface area contributed by atoms with E-state index in [4.69, 9.17) is 4.74 Å². The molecule has 1 amide bonds. The van der Waals surface area contributed by atoms with E-state index in [0.29, 0.717) is 0 Å². The summed E-state index contributed by atoms with van der Waals surface area (Å²) in [6, 6.07) is 5.56. The molecule has 1 unspecified atom stereocenters. The predicted octanol–water partition coefficient (Wildman–Crippen LogP) is 1.65. The van der Waals surface area contributed by atoms with Crippen LogP contribution in [0.2, 0.25) is 0 Å². The van der Waals surface area contributed by atoms with Crippen LogP contribution in [0.25, 0.3) is 0 Å². The van der Waals surface area contributed by atoms with Crippen molar-refractivity contribution in [1.82, 2.24) is 5.32 Å². The third-order valence-corrected chi connectivity index (χ3v) is 3.96. The van der Waals surface area contributed by atoms with Gasteiger partial charge < -0.3 is 15.4 Å². The lowest BCUT2D eigenvalue weighted by atomic mass is 10.2. The van der Waals surface area contributed by atoms with Crippen LogP contribution in [0.15, 0.2) is 18.2 Å². The molecule has 0 spiro atoms. The molecule has 0 aromatic heterocycles. The summed E-state index contributed by atoms with van der Waals surface area (Å²) in [7, 11) is 1.64. The first kappa shape index (κ1) is 13.2. The molecule has 0 saturated carbocycles. The van der Waals surface area contributed by atoms with Gasteiger partial charge in [0.15, 0.2) is 0 Å². The maximum atomic E-state index is 12.0. The van der Waals surface area contributed by atoms with Crippen LogP contribution in [0.4, 0.5) is 5.69 Å². The molecule has 1 heterocycles. The minimum absolute atomic E-state index is 0.0340. The summed E-state index contributed by atoms with van der Waals surface area (Å²) < 4.78 is 5.19. The van der Waals surface area contributed by atoms with Gasteiger partial charge in [0.2, 0.25) is 5.91 Å². The molecule has 2 N–H and O–H groups in total. The van der Waals surface area contributed by atoms with Crippen LogP contribution in [-0.4, -0.2) is 37.1 Å².